The Morgan fingerprint density at radius 3 is 2.71 bits per heavy atom. The number of aryl methyl sites for hydroxylation is 1. The number of carbonyl (C=O) groups excluding carboxylic acids is 1. The maximum absolute atomic E-state index is 11.8. The van der Waals surface area contributed by atoms with Crippen LogP contribution >= 0.6 is 0 Å². The summed E-state index contributed by atoms with van der Waals surface area (Å²) < 4.78 is 5.14. The van der Waals surface area contributed by atoms with E-state index in [9.17, 15) is 4.79 Å². The Balaban J connectivity index is 1.56. The van der Waals surface area contributed by atoms with Gasteiger partial charge in [0.05, 0.1) is 6.26 Å². The van der Waals surface area contributed by atoms with Crippen molar-refractivity contribution >= 4 is 11.9 Å². The van der Waals surface area contributed by atoms with Gasteiger partial charge in [0.2, 0.25) is 0 Å². The van der Waals surface area contributed by atoms with Crippen LogP contribution < -0.4 is 16.0 Å². The minimum absolute atomic E-state index is 0.159. The predicted molar refractivity (Wildman–Crippen MR) is 82.5 cm³/mol. The molecule has 2 rings (SSSR count). The number of hydrogen-bond acceptors (Lipinski definition) is 3. The summed E-state index contributed by atoms with van der Waals surface area (Å²) in [5, 5.41) is 9.38. The highest BCUT2D eigenvalue weighted by Crippen LogP contribution is 2.27. The number of guanidine groups is 1. The van der Waals surface area contributed by atoms with Crippen molar-refractivity contribution in [3.05, 3.63) is 23.7 Å². The van der Waals surface area contributed by atoms with Gasteiger partial charge in [-0.25, -0.2) is 0 Å². The fourth-order valence-corrected chi connectivity index (χ4v) is 1.97. The number of carbonyl (C=O) groups is 1. The molecule has 1 aromatic rings. The summed E-state index contributed by atoms with van der Waals surface area (Å²) in [6.45, 7) is 4.22. The third kappa shape index (κ3) is 5.13. The van der Waals surface area contributed by atoms with Crippen LogP contribution in [0.4, 0.5) is 0 Å². The van der Waals surface area contributed by atoms with Gasteiger partial charge < -0.3 is 20.4 Å². The van der Waals surface area contributed by atoms with Gasteiger partial charge >= 0.3 is 0 Å². The smallest absolute Gasteiger partial charge is 0.287 e. The number of aliphatic imine (C=N–C) groups is 1. The van der Waals surface area contributed by atoms with Crippen molar-refractivity contribution in [3.8, 4) is 0 Å². The van der Waals surface area contributed by atoms with E-state index in [1.165, 1.54) is 19.1 Å². The lowest BCUT2D eigenvalue weighted by atomic mass is 10.2. The molecule has 6 heteroatoms. The average Bonchev–Trinajstić information content (AvgIpc) is 3.21. The molecular weight excluding hydrogens is 268 g/mol. The van der Waals surface area contributed by atoms with Gasteiger partial charge in [-0.05, 0) is 38.2 Å². The van der Waals surface area contributed by atoms with Crippen molar-refractivity contribution in [2.75, 3.05) is 26.7 Å². The molecule has 1 aliphatic rings. The molecule has 0 bridgehead atoms. The molecule has 0 aliphatic heterocycles. The molecule has 1 heterocycles. The molecule has 3 N–H and O–H groups in total. The Morgan fingerprint density at radius 1 is 1.33 bits per heavy atom. The maximum atomic E-state index is 11.8. The molecule has 21 heavy (non-hydrogen) atoms. The minimum Gasteiger partial charge on any atom is -0.459 e. The van der Waals surface area contributed by atoms with Crippen LogP contribution in [0, 0.1) is 12.8 Å². The van der Waals surface area contributed by atoms with Crippen LogP contribution in [0.15, 0.2) is 21.7 Å². The van der Waals surface area contributed by atoms with Gasteiger partial charge in [0, 0.05) is 32.2 Å². The lowest BCUT2D eigenvalue weighted by Gasteiger charge is -2.11. The summed E-state index contributed by atoms with van der Waals surface area (Å²) in [5.74, 6) is 1.88. The first-order chi connectivity index (χ1) is 10.2. The van der Waals surface area contributed by atoms with Crippen molar-refractivity contribution in [2.45, 2.75) is 26.2 Å². The molecule has 1 amide bonds. The van der Waals surface area contributed by atoms with E-state index in [4.69, 9.17) is 4.42 Å². The Hall–Kier alpha value is -1.98. The number of hydrogen-bond donors (Lipinski definition) is 3. The molecular formula is C15H24N4O2. The highest BCUT2D eigenvalue weighted by Gasteiger charge is 2.20. The normalized spacial score (nSPS) is 14.9. The van der Waals surface area contributed by atoms with Crippen molar-refractivity contribution in [1.29, 1.82) is 0 Å². The van der Waals surface area contributed by atoms with Crippen LogP contribution in [-0.4, -0.2) is 38.5 Å². The SMILES string of the molecule is CN=C(NCCCNC(=O)c1occc1C)NCC1CC1. The molecule has 0 atom stereocenters. The number of nitrogens with one attached hydrogen (secondary N) is 3. The number of furan rings is 1. The first kappa shape index (κ1) is 15.4. The summed E-state index contributed by atoms with van der Waals surface area (Å²) in [4.78, 5) is 16.0. The molecule has 1 aliphatic carbocycles. The maximum Gasteiger partial charge on any atom is 0.287 e. The average molecular weight is 292 g/mol. The quantitative estimate of drug-likeness (QED) is 0.402. The molecule has 0 aromatic carbocycles. The summed E-state index contributed by atoms with van der Waals surface area (Å²) in [6, 6.07) is 1.78. The van der Waals surface area contributed by atoms with Crippen molar-refractivity contribution in [3.63, 3.8) is 0 Å². The second-order valence-electron chi connectivity index (χ2n) is 5.37. The zero-order valence-electron chi connectivity index (χ0n) is 12.7. The molecule has 1 aromatic heterocycles. The first-order valence-electron chi connectivity index (χ1n) is 7.47. The van der Waals surface area contributed by atoms with E-state index in [0.717, 1.165) is 37.0 Å². The van der Waals surface area contributed by atoms with Crippen molar-refractivity contribution in [1.82, 2.24) is 16.0 Å². The van der Waals surface area contributed by atoms with Crippen LogP contribution in [0.25, 0.3) is 0 Å². The van der Waals surface area contributed by atoms with E-state index >= 15 is 0 Å². The Kier molecular flexibility index (Phi) is 5.66. The topological polar surface area (TPSA) is 78.7 Å². The van der Waals surface area contributed by atoms with Gasteiger partial charge in [-0.15, -0.1) is 0 Å². The molecule has 0 spiro atoms. The number of amides is 1. The largest absolute Gasteiger partial charge is 0.459 e. The lowest BCUT2D eigenvalue weighted by Crippen LogP contribution is -2.39. The zero-order chi connectivity index (χ0) is 15.1. The van der Waals surface area contributed by atoms with Gasteiger partial charge in [-0.2, -0.15) is 0 Å². The number of nitrogens with zero attached hydrogens (tertiary/aromatic N) is 1. The van der Waals surface area contributed by atoms with Gasteiger partial charge in [-0.1, -0.05) is 0 Å². The van der Waals surface area contributed by atoms with E-state index in [2.05, 4.69) is 20.9 Å². The monoisotopic (exact) mass is 292 g/mol. The molecule has 0 unspecified atom stereocenters. The standard InChI is InChI=1S/C15H24N4O2/c1-11-6-9-21-13(11)14(20)17-7-3-8-18-15(16-2)19-10-12-4-5-12/h6,9,12H,3-5,7-8,10H2,1-2H3,(H,17,20)(H2,16,18,19). The highest BCUT2D eigenvalue weighted by atomic mass is 16.3. The van der Waals surface area contributed by atoms with E-state index in [1.54, 1.807) is 13.1 Å². The van der Waals surface area contributed by atoms with E-state index in [-0.39, 0.29) is 5.91 Å². The van der Waals surface area contributed by atoms with E-state index in [1.807, 2.05) is 6.92 Å². The van der Waals surface area contributed by atoms with Crippen LogP contribution in [-0.2, 0) is 0 Å². The molecule has 0 radical (unpaired) electrons. The van der Waals surface area contributed by atoms with Crippen LogP contribution in [0.1, 0.15) is 35.4 Å². The second kappa shape index (κ2) is 7.71. The molecule has 1 fully saturated rings. The third-order valence-electron chi connectivity index (χ3n) is 3.48. The number of rotatable bonds is 7. The third-order valence-corrected chi connectivity index (χ3v) is 3.48. The van der Waals surface area contributed by atoms with Crippen LogP contribution in [0.5, 0.6) is 0 Å². The summed E-state index contributed by atoms with van der Waals surface area (Å²) in [7, 11) is 1.77. The Bertz CT molecular complexity index is 492. The van der Waals surface area contributed by atoms with Gasteiger partial charge in [0.25, 0.3) is 5.91 Å². The Labute approximate surface area is 125 Å². The van der Waals surface area contributed by atoms with Gasteiger partial charge in [-0.3, -0.25) is 9.79 Å². The van der Waals surface area contributed by atoms with Crippen molar-refractivity contribution < 1.29 is 9.21 Å². The summed E-state index contributed by atoms with van der Waals surface area (Å²) >= 11 is 0. The molecule has 0 saturated heterocycles. The van der Waals surface area contributed by atoms with E-state index < -0.39 is 0 Å². The fraction of sp³-hybridized carbons (Fsp3) is 0.600. The predicted octanol–water partition coefficient (Wildman–Crippen LogP) is 1.28. The van der Waals surface area contributed by atoms with Crippen molar-refractivity contribution in [2.24, 2.45) is 10.9 Å². The van der Waals surface area contributed by atoms with Gasteiger partial charge in [0.15, 0.2) is 11.7 Å². The highest BCUT2D eigenvalue weighted by molar-refractivity contribution is 5.92. The summed E-state index contributed by atoms with van der Waals surface area (Å²) in [5.41, 5.74) is 0.857. The van der Waals surface area contributed by atoms with Gasteiger partial charge in [0.1, 0.15) is 0 Å². The first-order valence-corrected chi connectivity index (χ1v) is 7.47. The summed E-state index contributed by atoms with van der Waals surface area (Å²) in [6.07, 6.45) is 5.00. The van der Waals surface area contributed by atoms with Crippen LogP contribution in [0.2, 0.25) is 0 Å². The molecule has 1 saturated carbocycles. The molecule has 116 valence electrons. The fourth-order valence-electron chi connectivity index (χ4n) is 1.97. The minimum atomic E-state index is -0.159. The van der Waals surface area contributed by atoms with E-state index in [0.29, 0.717) is 12.3 Å². The van der Waals surface area contributed by atoms with Crippen LogP contribution in [0.3, 0.4) is 0 Å². The Morgan fingerprint density at radius 2 is 2.10 bits per heavy atom. The second-order valence-corrected chi connectivity index (χ2v) is 5.37. The lowest BCUT2D eigenvalue weighted by molar-refractivity contribution is 0.0925. The molecule has 6 nitrogen and oxygen atoms in total. The zero-order valence-corrected chi connectivity index (χ0v) is 12.7.